The molecule has 1 amide bonds. The topological polar surface area (TPSA) is 59.3 Å². The fraction of sp³-hybridized carbons (Fsp3) is 0.100. The van der Waals surface area contributed by atoms with E-state index in [-0.39, 0.29) is 0 Å². The molecule has 132 valence electrons. The van der Waals surface area contributed by atoms with Gasteiger partial charge in [-0.2, -0.15) is 0 Å². The molecule has 0 aliphatic carbocycles. The monoisotopic (exact) mass is 348 g/mol. The van der Waals surface area contributed by atoms with E-state index in [0.717, 1.165) is 10.3 Å². The van der Waals surface area contributed by atoms with Crippen molar-refractivity contribution in [2.24, 2.45) is 0 Å². The SMILES string of the molecule is C=CCN(NC(=O)n1c(C)cn(-c2ccccc2)c1=O)c1ccccc1. The Bertz CT molecular complexity index is 958. The summed E-state index contributed by atoms with van der Waals surface area (Å²) in [5.74, 6) is 0. The summed E-state index contributed by atoms with van der Waals surface area (Å²) in [7, 11) is 0. The first-order chi connectivity index (χ1) is 12.6. The van der Waals surface area contributed by atoms with Crippen molar-refractivity contribution in [3.05, 3.63) is 95.7 Å². The van der Waals surface area contributed by atoms with Gasteiger partial charge in [-0.05, 0) is 31.2 Å². The molecule has 0 aliphatic rings. The third-order valence-electron chi connectivity index (χ3n) is 3.91. The van der Waals surface area contributed by atoms with Crippen LogP contribution in [0.25, 0.3) is 5.69 Å². The number of hydrogen-bond acceptors (Lipinski definition) is 3. The van der Waals surface area contributed by atoms with Gasteiger partial charge in [-0.25, -0.2) is 19.6 Å². The number of rotatable bonds is 5. The van der Waals surface area contributed by atoms with E-state index in [1.54, 1.807) is 24.2 Å². The third-order valence-corrected chi connectivity index (χ3v) is 3.91. The summed E-state index contributed by atoms with van der Waals surface area (Å²) in [6.45, 7) is 5.85. The van der Waals surface area contributed by atoms with Crippen LogP contribution in [0.2, 0.25) is 0 Å². The molecule has 0 saturated carbocycles. The Kier molecular flexibility index (Phi) is 5.03. The fourth-order valence-electron chi connectivity index (χ4n) is 2.70. The fourth-order valence-corrected chi connectivity index (χ4v) is 2.70. The highest BCUT2D eigenvalue weighted by Crippen LogP contribution is 2.11. The molecule has 0 bridgehead atoms. The van der Waals surface area contributed by atoms with Gasteiger partial charge >= 0.3 is 11.7 Å². The van der Waals surface area contributed by atoms with Crippen molar-refractivity contribution in [2.45, 2.75) is 6.92 Å². The predicted octanol–water partition coefficient (Wildman–Crippen LogP) is 3.11. The van der Waals surface area contributed by atoms with Crippen molar-refractivity contribution in [2.75, 3.05) is 11.6 Å². The van der Waals surface area contributed by atoms with Crippen LogP contribution < -0.4 is 16.1 Å². The van der Waals surface area contributed by atoms with E-state index in [1.165, 1.54) is 4.57 Å². The molecule has 0 atom stereocenters. The Morgan fingerprint density at radius 2 is 1.73 bits per heavy atom. The number of aryl methyl sites for hydroxylation is 1. The Labute approximate surface area is 151 Å². The first kappa shape index (κ1) is 17.3. The van der Waals surface area contributed by atoms with E-state index in [2.05, 4.69) is 12.0 Å². The molecule has 2 aromatic carbocycles. The second-order valence-corrected chi connectivity index (χ2v) is 5.75. The molecule has 0 unspecified atom stereocenters. The summed E-state index contributed by atoms with van der Waals surface area (Å²) in [6, 6.07) is 18.1. The quantitative estimate of drug-likeness (QED) is 0.569. The molecule has 26 heavy (non-hydrogen) atoms. The molecular formula is C20H20N4O2. The largest absolute Gasteiger partial charge is 0.348 e. The molecule has 0 aliphatic heterocycles. The summed E-state index contributed by atoms with van der Waals surface area (Å²) in [6.07, 6.45) is 3.33. The Balaban J connectivity index is 1.91. The molecule has 3 aromatic rings. The van der Waals surface area contributed by atoms with Gasteiger partial charge < -0.3 is 0 Å². The number of amides is 1. The van der Waals surface area contributed by atoms with Gasteiger partial charge in [0.2, 0.25) is 0 Å². The molecule has 3 rings (SSSR count). The van der Waals surface area contributed by atoms with Crippen molar-refractivity contribution >= 4 is 11.7 Å². The summed E-state index contributed by atoms with van der Waals surface area (Å²) in [5.41, 5.74) is 4.40. The molecule has 0 fully saturated rings. The van der Waals surface area contributed by atoms with Gasteiger partial charge in [-0.15, -0.1) is 6.58 Å². The maximum Gasteiger partial charge on any atom is 0.348 e. The number of nitrogens with zero attached hydrogens (tertiary/aromatic N) is 3. The lowest BCUT2D eigenvalue weighted by atomic mass is 10.3. The minimum Gasteiger partial charge on any atom is -0.280 e. The van der Waals surface area contributed by atoms with Gasteiger partial charge in [0, 0.05) is 11.9 Å². The van der Waals surface area contributed by atoms with Crippen molar-refractivity contribution in [1.29, 1.82) is 0 Å². The highest BCUT2D eigenvalue weighted by Gasteiger charge is 2.18. The lowest BCUT2D eigenvalue weighted by molar-refractivity contribution is 0.240. The van der Waals surface area contributed by atoms with Crippen molar-refractivity contribution in [3.63, 3.8) is 0 Å². The average Bonchev–Trinajstić information content (AvgIpc) is 2.97. The van der Waals surface area contributed by atoms with Crippen LogP contribution in [0.5, 0.6) is 0 Å². The summed E-state index contributed by atoms with van der Waals surface area (Å²) in [4.78, 5) is 25.5. The van der Waals surface area contributed by atoms with Crippen LogP contribution in [0.15, 0.2) is 84.3 Å². The summed E-state index contributed by atoms with van der Waals surface area (Å²) in [5, 5.41) is 1.64. The molecule has 1 N–H and O–H groups in total. The van der Waals surface area contributed by atoms with E-state index in [9.17, 15) is 9.59 Å². The minimum absolute atomic E-state index is 0.406. The number of imidazole rings is 1. The molecule has 0 spiro atoms. The molecular weight excluding hydrogens is 328 g/mol. The second-order valence-electron chi connectivity index (χ2n) is 5.75. The van der Waals surface area contributed by atoms with Gasteiger partial charge in [-0.1, -0.05) is 42.5 Å². The predicted molar refractivity (Wildman–Crippen MR) is 103 cm³/mol. The second kappa shape index (κ2) is 7.57. The van der Waals surface area contributed by atoms with Gasteiger partial charge in [0.1, 0.15) is 0 Å². The van der Waals surface area contributed by atoms with E-state index in [0.29, 0.717) is 17.9 Å². The highest BCUT2D eigenvalue weighted by atomic mass is 16.2. The van der Waals surface area contributed by atoms with Crippen LogP contribution in [-0.2, 0) is 0 Å². The Morgan fingerprint density at radius 3 is 2.35 bits per heavy atom. The van der Waals surface area contributed by atoms with Gasteiger partial charge in [0.25, 0.3) is 0 Å². The third kappa shape index (κ3) is 3.44. The molecule has 0 radical (unpaired) electrons. The smallest absolute Gasteiger partial charge is 0.280 e. The van der Waals surface area contributed by atoms with E-state index in [1.807, 2.05) is 60.7 Å². The number of benzene rings is 2. The first-order valence-electron chi connectivity index (χ1n) is 8.22. The Hall–Kier alpha value is -3.54. The lowest BCUT2D eigenvalue weighted by Gasteiger charge is -2.24. The zero-order chi connectivity index (χ0) is 18.5. The molecule has 1 heterocycles. The van der Waals surface area contributed by atoms with Crippen molar-refractivity contribution in [1.82, 2.24) is 14.6 Å². The zero-order valence-electron chi connectivity index (χ0n) is 14.5. The van der Waals surface area contributed by atoms with Crippen molar-refractivity contribution < 1.29 is 4.79 Å². The van der Waals surface area contributed by atoms with E-state index >= 15 is 0 Å². The van der Waals surface area contributed by atoms with E-state index in [4.69, 9.17) is 0 Å². The number of anilines is 1. The average molecular weight is 348 g/mol. The van der Waals surface area contributed by atoms with E-state index < -0.39 is 11.7 Å². The number of nitrogens with one attached hydrogen (secondary N) is 1. The number of hydrogen-bond donors (Lipinski definition) is 1. The van der Waals surface area contributed by atoms with Crippen molar-refractivity contribution in [3.8, 4) is 5.69 Å². The summed E-state index contributed by atoms with van der Waals surface area (Å²) < 4.78 is 2.57. The van der Waals surface area contributed by atoms with Gasteiger partial charge in [-0.3, -0.25) is 9.58 Å². The highest BCUT2D eigenvalue weighted by molar-refractivity contribution is 5.79. The number of hydrazine groups is 1. The van der Waals surface area contributed by atoms with Gasteiger partial charge in [0.15, 0.2) is 0 Å². The molecule has 1 aromatic heterocycles. The van der Waals surface area contributed by atoms with Gasteiger partial charge in [0.05, 0.1) is 17.9 Å². The maximum atomic E-state index is 12.8. The van der Waals surface area contributed by atoms with Crippen LogP contribution in [-0.4, -0.2) is 21.7 Å². The lowest BCUT2D eigenvalue weighted by Crippen LogP contribution is -2.47. The normalized spacial score (nSPS) is 10.3. The minimum atomic E-state index is -0.520. The maximum absolute atomic E-state index is 12.8. The van der Waals surface area contributed by atoms with Crippen LogP contribution in [0, 0.1) is 6.92 Å². The number of aromatic nitrogens is 2. The molecule has 6 heteroatoms. The first-order valence-corrected chi connectivity index (χ1v) is 8.22. The number of carbonyl (C=O) groups excluding carboxylic acids is 1. The zero-order valence-corrected chi connectivity index (χ0v) is 14.5. The van der Waals surface area contributed by atoms with Crippen LogP contribution in [0.3, 0.4) is 0 Å². The van der Waals surface area contributed by atoms with Crippen LogP contribution >= 0.6 is 0 Å². The standard InChI is InChI=1S/C20H20N4O2/c1-3-14-23(18-12-8-5-9-13-18)21-19(25)24-16(2)15-22(20(24)26)17-10-6-4-7-11-17/h3-13,15H,1,14H2,2H3,(H,21,25). The van der Waals surface area contributed by atoms with Crippen LogP contribution in [0.4, 0.5) is 10.5 Å². The number of carbonyl (C=O) groups is 1. The molecule has 0 saturated heterocycles. The molecule has 6 nitrogen and oxygen atoms in total. The van der Waals surface area contributed by atoms with Crippen LogP contribution in [0.1, 0.15) is 5.69 Å². The Morgan fingerprint density at radius 1 is 1.12 bits per heavy atom. The summed E-state index contributed by atoms with van der Waals surface area (Å²) >= 11 is 0. The number of para-hydroxylation sites is 2.